The third-order valence-electron chi connectivity index (χ3n) is 3.12. The Balaban J connectivity index is 2.04. The number of aromatic hydroxyl groups is 1. The molecule has 0 amide bonds. The van der Waals surface area contributed by atoms with Crippen LogP contribution in [0, 0.1) is 0 Å². The molecule has 0 fully saturated rings. The minimum Gasteiger partial charge on any atom is -0.493 e. The average molecular weight is 309 g/mol. The molecule has 1 atom stereocenters. The van der Waals surface area contributed by atoms with Crippen LogP contribution >= 0.6 is 11.3 Å². The van der Waals surface area contributed by atoms with Crippen molar-refractivity contribution < 1.29 is 15.0 Å². The van der Waals surface area contributed by atoms with Crippen molar-refractivity contribution in [3.63, 3.8) is 0 Å². The summed E-state index contributed by atoms with van der Waals surface area (Å²) in [6.45, 7) is 0. The van der Waals surface area contributed by atoms with Gasteiger partial charge in [0.2, 0.25) is 11.8 Å². The molecule has 7 nitrogen and oxygen atoms in total. The molecule has 5 N–H and O–H groups in total. The van der Waals surface area contributed by atoms with Crippen LogP contribution in [0.25, 0.3) is 0 Å². The molecule has 0 spiro atoms. The Hall–Kier alpha value is -2.35. The van der Waals surface area contributed by atoms with Gasteiger partial charge in [-0.2, -0.15) is 4.98 Å². The Morgan fingerprint density at radius 1 is 1.52 bits per heavy atom. The van der Waals surface area contributed by atoms with E-state index in [2.05, 4.69) is 9.97 Å². The molecule has 0 saturated heterocycles. The molecule has 0 radical (unpaired) electrons. The summed E-state index contributed by atoms with van der Waals surface area (Å²) in [7, 11) is 0. The lowest BCUT2D eigenvalue weighted by Gasteiger charge is -2.10. The number of anilines is 1. The van der Waals surface area contributed by atoms with Crippen LogP contribution in [0.4, 0.5) is 5.95 Å². The molecule has 0 aliphatic carbocycles. The third kappa shape index (κ3) is 3.60. The van der Waals surface area contributed by atoms with Crippen LogP contribution in [0.5, 0.6) is 5.88 Å². The summed E-state index contributed by atoms with van der Waals surface area (Å²) in [6.07, 6.45) is 1.06. The average Bonchev–Trinajstić information content (AvgIpc) is 2.89. The van der Waals surface area contributed by atoms with Crippen molar-refractivity contribution in [2.45, 2.75) is 25.2 Å². The number of hydrogen-bond donors (Lipinski definition) is 4. The minimum atomic E-state index is -0.897. The first kappa shape index (κ1) is 15.0. The van der Waals surface area contributed by atoms with Gasteiger partial charge < -0.3 is 15.9 Å². The van der Waals surface area contributed by atoms with Gasteiger partial charge in [-0.25, -0.2) is 0 Å². The molecule has 0 aromatic carbocycles. The number of nitrogens with zero attached hydrogens (tertiary/aromatic N) is 1. The molecule has 1 unspecified atom stereocenters. The van der Waals surface area contributed by atoms with Gasteiger partial charge in [-0.1, -0.05) is 6.07 Å². The van der Waals surface area contributed by atoms with Crippen LogP contribution in [0.2, 0.25) is 0 Å². The number of aliphatic carboxylic acids is 1. The number of nitrogens with one attached hydrogen (secondary N) is 1. The predicted molar refractivity (Wildman–Crippen MR) is 78.6 cm³/mol. The second kappa shape index (κ2) is 6.40. The molecule has 2 aromatic heterocycles. The number of aromatic nitrogens is 2. The smallest absolute Gasteiger partial charge is 0.311 e. The van der Waals surface area contributed by atoms with Gasteiger partial charge in [0.1, 0.15) is 0 Å². The van der Waals surface area contributed by atoms with Crippen molar-refractivity contribution in [3.05, 3.63) is 38.3 Å². The minimum absolute atomic E-state index is 0.125. The summed E-state index contributed by atoms with van der Waals surface area (Å²) in [4.78, 5) is 29.6. The Labute approximate surface area is 124 Å². The molecule has 2 heterocycles. The van der Waals surface area contributed by atoms with E-state index in [9.17, 15) is 19.8 Å². The van der Waals surface area contributed by atoms with Gasteiger partial charge in [0.15, 0.2) is 0 Å². The second-order valence-electron chi connectivity index (χ2n) is 4.55. The quantitative estimate of drug-likeness (QED) is 0.636. The summed E-state index contributed by atoms with van der Waals surface area (Å²) >= 11 is 1.39. The zero-order valence-electron chi connectivity index (χ0n) is 11.1. The van der Waals surface area contributed by atoms with Crippen molar-refractivity contribution in [3.8, 4) is 5.88 Å². The number of hydrogen-bond acceptors (Lipinski definition) is 6. The molecular weight excluding hydrogens is 294 g/mol. The van der Waals surface area contributed by atoms with E-state index >= 15 is 0 Å². The number of thiophene rings is 1. The third-order valence-corrected chi connectivity index (χ3v) is 4.10. The highest BCUT2D eigenvalue weighted by molar-refractivity contribution is 7.10. The number of nitrogens with two attached hydrogens (primary N) is 1. The molecule has 0 aliphatic heterocycles. The number of H-pyrrole nitrogens is 1. The fourth-order valence-corrected chi connectivity index (χ4v) is 2.94. The fourth-order valence-electron chi connectivity index (χ4n) is 2.09. The van der Waals surface area contributed by atoms with Crippen molar-refractivity contribution in [1.29, 1.82) is 0 Å². The van der Waals surface area contributed by atoms with Crippen molar-refractivity contribution in [2.24, 2.45) is 0 Å². The summed E-state index contributed by atoms with van der Waals surface area (Å²) in [6, 6.07) is 3.58. The van der Waals surface area contributed by atoms with Gasteiger partial charge in [-0.15, -0.1) is 11.3 Å². The monoisotopic (exact) mass is 309 g/mol. The van der Waals surface area contributed by atoms with E-state index in [0.29, 0.717) is 12.8 Å². The van der Waals surface area contributed by atoms with E-state index in [4.69, 9.17) is 5.73 Å². The Kier molecular flexibility index (Phi) is 4.59. The normalized spacial score (nSPS) is 12.2. The highest BCUT2D eigenvalue weighted by Gasteiger charge is 2.21. The van der Waals surface area contributed by atoms with Crippen LogP contribution in [-0.2, 0) is 11.2 Å². The zero-order chi connectivity index (χ0) is 15.4. The maximum atomic E-state index is 11.6. The Bertz CT molecular complexity index is 681. The highest BCUT2D eigenvalue weighted by Crippen LogP contribution is 2.27. The molecule has 2 rings (SSSR count). The van der Waals surface area contributed by atoms with Crippen LogP contribution in [-0.4, -0.2) is 26.2 Å². The number of carbonyl (C=O) groups is 1. The molecule has 0 saturated carbocycles. The van der Waals surface area contributed by atoms with Crippen LogP contribution in [0.15, 0.2) is 22.3 Å². The molecule has 112 valence electrons. The molecule has 21 heavy (non-hydrogen) atoms. The van der Waals surface area contributed by atoms with Crippen molar-refractivity contribution in [2.75, 3.05) is 5.73 Å². The number of aromatic amines is 1. The van der Waals surface area contributed by atoms with E-state index in [1.165, 1.54) is 11.3 Å². The first-order chi connectivity index (χ1) is 9.99. The van der Waals surface area contributed by atoms with Gasteiger partial charge in [-0.3, -0.25) is 14.6 Å². The number of carboxylic acids is 1. The Morgan fingerprint density at radius 2 is 2.29 bits per heavy atom. The Morgan fingerprint density at radius 3 is 2.86 bits per heavy atom. The van der Waals surface area contributed by atoms with Crippen molar-refractivity contribution >= 4 is 23.3 Å². The standard InChI is InChI=1S/C13H15N3O4S/c14-13-15-10(17)8(11(18)16-13)4-1-3-7(12(19)20)9-5-2-6-21-9/h2,5-7H,1,3-4H2,(H,19,20)(H4,14,15,16,17,18). The first-order valence-corrected chi connectivity index (χ1v) is 7.21. The largest absolute Gasteiger partial charge is 0.493 e. The van der Waals surface area contributed by atoms with Crippen LogP contribution in [0.1, 0.15) is 29.2 Å². The predicted octanol–water partition coefficient (Wildman–Crippen LogP) is 1.31. The van der Waals surface area contributed by atoms with E-state index in [1.54, 1.807) is 12.1 Å². The topological polar surface area (TPSA) is 129 Å². The summed E-state index contributed by atoms with van der Waals surface area (Å²) < 4.78 is 0. The molecule has 0 aliphatic rings. The number of carboxylic acid groups (broad SMARTS) is 1. The van der Waals surface area contributed by atoms with E-state index < -0.39 is 23.3 Å². The lowest BCUT2D eigenvalue weighted by Crippen LogP contribution is -2.17. The fraction of sp³-hybridized carbons (Fsp3) is 0.308. The van der Waals surface area contributed by atoms with Crippen LogP contribution < -0.4 is 11.3 Å². The number of nitrogen functional groups attached to an aromatic ring is 1. The maximum absolute atomic E-state index is 11.6. The van der Waals surface area contributed by atoms with Gasteiger partial charge in [0.05, 0.1) is 11.5 Å². The van der Waals surface area contributed by atoms with Crippen LogP contribution in [0.3, 0.4) is 0 Å². The molecule has 2 aromatic rings. The second-order valence-corrected chi connectivity index (χ2v) is 5.53. The van der Waals surface area contributed by atoms with E-state index in [-0.39, 0.29) is 17.9 Å². The lowest BCUT2D eigenvalue weighted by molar-refractivity contribution is -0.138. The zero-order valence-corrected chi connectivity index (χ0v) is 11.9. The van der Waals surface area contributed by atoms with Gasteiger partial charge >= 0.3 is 5.97 Å². The first-order valence-electron chi connectivity index (χ1n) is 6.33. The van der Waals surface area contributed by atoms with E-state index in [0.717, 1.165) is 4.88 Å². The highest BCUT2D eigenvalue weighted by atomic mass is 32.1. The number of rotatable bonds is 6. The summed E-state index contributed by atoms with van der Waals surface area (Å²) in [5.41, 5.74) is 4.93. The van der Waals surface area contributed by atoms with E-state index in [1.807, 2.05) is 5.38 Å². The molecule has 8 heteroatoms. The van der Waals surface area contributed by atoms with Gasteiger partial charge in [0.25, 0.3) is 5.56 Å². The molecular formula is C13H15N3O4S. The summed E-state index contributed by atoms with van der Waals surface area (Å²) in [5.74, 6) is -2.05. The maximum Gasteiger partial charge on any atom is 0.311 e. The molecule has 0 bridgehead atoms. The van der Waals surface area contributed by atoms with Gasteiger partial charge in [0, 0.05) is 4.88 Å². The van der Waals surface area contributed by atoms with Crippen molar-refractivity contribution in [1.82, 2.24) is 9.97 Å². The summed E-state index contributed by atoms with van der Waals surface area (Å²) in [5, 5.41) is 20.7. The SMILES string of the molecule is Nc1nc(O)c(CCCC(C(=O)O)c2cccs2)c(=O)[nH]1. The lowest BCUT2D eigenvalue weighted by atomic mass is 9.99. The van der Waals surface area contributed by atoms with Gasteiger partial charge in [-0.05, 0) is 30.7 Å².